The maximum Gasteiger partial charge on any atom is 0.222 e. The van der Waals surface area contributed by atoms with Crippen LogP contribution in [0.1, 0.15) is 64.0 Å². The van der Waals surface area contributed by atoms with Crippen molar-refractivity contribution in [1.82, 2.24) is 14.4 Å². The number of rotatable bonds is 6. The molecule has 0 aliphatic carbocycles. The topological polar surface area (TPSA) is 28.5 Å². The van der Waals surface area contributed by atoms with Crippen molar-refractivity contribution >= 4 is 16.8 Å². The first-order valence-electron chi connectivity index (χ1n) is 11.6. The summed E-state index contributed by atoms with van der Waals surface area (Å²) in [6.45, 7) is 7.88. The monoisotopic (exact) mass is 395 g/mol. The number of nitrogens with zero attached hydrogens (tertiary/aromatic N) is 3. The number of para-hydroxylation sites is 1. The zero-order chi connectivity index (χ0) is 20.4. The van der Waals surface area contributed by atoms with Gasteiger partial charge in [-0.2, -0.15) is 0 Å². The minimum absolute atomic E-state index is 0.291. The zero-order valence-corrected chi connectivity index (χ0v) is 18.4. The molecule has 2 fully saturated rings. The first-order chi connectivity index (χ1) is 14.0. The molecule has 158 valence electrons. The molecule has 2 aliphatic rings. The van der Waals surface area contributed by atoms with Gasteiger partial charge in [0.2, 0.25) is 5.91 Å². The van der Waals surface area contributed by atoms with Gasteiger partial charge in [-0.15, -0.1) is 0 Å². The minimum Gasteiger partial charge on any atom is -0.345 e. The fraction of sp³-hybridized carbons (Fsp3) is 0.640. The SMILES string of the molecule is CC(C)n1cc(CCC(=O)N(C)CC2CCCN3CCCCC23)c2ccccc21. The maximum absolute atomic E-state index is 12.9. The van der Waals surface area contributed by atoms with E-state index < -0.39 is 0 Å². The summed E-state index contributed by atoms with van der Waals surface area (Å²) in [5.41, 5.74) is 2.57. The predicted molar refractivity (Wildman–Crippen MR) is 120 cm³/mol. The summed E-state index contributed by atoms with van der Waals surface area (Å²) in [5.74, 6) is 0.945. The van der Waals surface area contributed by atoms with Crippen LogP contribution in [0.2, 0.25) is 0 Å². The molecule has 4 heteroatoms. The number of aryl methyl sites for hydroxylation is 1. The molecule has 0 spiro atoms. The Morgan fingerprint density at radius 2 is 1.93 bits per heavy atom. The molecule has 29 heavy (non-hydrogen) atoms. The molecule has 2 saturated heterocycles. The lowest BCUT2D eigenvalue weighted by atomic mass is 9.83. The molecule has 2 aromatic rings. The third-order valence-electron chi connectivity index (χ3n) is 7.15. The number of hydrogen-bond donors (Lipinski definition) is 0. The Morgan fingerprint density at radius 1 is 1.14 bits per heavy atom. The average Bonchev–Trinajstić information content (AvgIpc) is 3.11. The molecule has 3 heterocycles. The molecule has 4 nitrogen and oxygen atoms in total. The van der Waals surface area contributed by atoms with E-state index in [1.54, 1.807) is 0 Å². The van der Waals surface area contributed by atoms with Gasteiger partial charge < -0.3 is 14.4 Å². The van der Waals surface area contributed by atoms with Crippen molar-refractivity contribution in [3.63, 3.8) is 0 Å². The van der Waals surface area contributed by atoms with E-state index in [0.717, 1.165) is 13.0 Å². The largest absolute Gasteiger partial charge is 0.345 e. The Balaban J connectivity index is 1.38. The van der Waals surface area contributed by atoms with Crippen molar-refractivity contribution in [1.29, 1.82) is 0 Å². The van der Waals surface area contributed by atoms with Crippen molar-refractivity contribution in [2.75, 3.05) is 26.7 Å². The summed E-state index contributed by atoms with van der Waals surface area (Å²) in [6, 6.07) is 9.71. The van der Waals surface area contributed by atoms with Crippen LogP contribution >= 0.6 is 0 Å². The molecular weight excluding hydrogens is 358 g/mol. The first-order valence-corrected chi connectivity index (χ1v) is 11.6. The van der Waals surface area contributed by atoms with Gasteiger partial charge in [-0.1, -0.05) is 24.6 Å². The molecule has 0 radical (unpaired) electrons. The number of fused-ring (bicyclic) bond motifs is 2. The molecule has 0 saturated carbocycles. The fourth-order valence-corrected chi connectivity index (χ4v) is 5.58. The third-order valence-corrected chi connectivity index (χ3v) is 7.15. The van der Waals surface area contributed by atoms with E-state index in [4.69, 9.17) is 0 Å². The molecule has 1 amide bonds. The second-order valence-corrected chi connectivity index (χ2v) is 9.45. The second-order valence-electron chi connectivity index (χ2n) is 9.45. The number of benzene rings is 1. The molecule has 2 unspecified atom stereocenters. The molecular formula is C25H37N3O. The molecule has 0 bridgehead atoms. The van der Waals surface area contributed by atoms with Crippen LogP contribution in [0, 0.1) is 5.92 Å². The lowest BCUT2D eigenvalue weighted by molar-refractivity contribution is -0.131. The highest BCUT2D eigenvalue weighted by Gasteiger charge is 2.33. The lowest BCUT2D eigenvalue weighted by Gasteiger charge is -2.45. The van der Waals surface area contributed by atoms with Crippen LogP contribution in [-0.2, 0) is 11.2 Å². The highest BCUT2D eigenvalue weighted by molar-refractivity contribution is 5.85. The van der Waals surface area contributed by atoms with Crippen LogP contribution in [0.5, 0.6) is 0 Å². The van der Waals surface area contributed by atoms with Crippen LogP contribution in [0.25, 0.3) is 10.9 Å². The number of hydrogen-bond acceptors (Lipinski definition) is 2. The Hall–Kier alpha value is -1.81. The highest BCUT2D eigenvalue weighted by Crippen LogP contribution is 2.31. The molecule has 0 N–H and O–H groups in total. The minimum atomic E-state index is 0.291. The van der Waals surface area contributed by atoms with E-state index in [0.29, 0.717) is 30.3 Å². The van der Waals surface area contributed by atoms with Crippen LogP contribution in [-0.4, -0.2) is 53.0 Å². The van der Waals surface area contributed by atoms with Gasteiger partial charge in [0.15, 0.2) is 0 Å². The van der Waals surface area contributed by atoms with Crippen molar-refractivity contribution in [2.45, 2.75) is 70.9 Å². The van der Waals surface area contributed by atoms with E-state index in [1.807, 2.05) is 11.9 Å². The Morgan fingerprint density at radius 3 is 2.76 bits per heavy atom. The smallest absolute Gasteiger partial charge is 0.222 e. The van der Waals surface area contributed by atoms with Crippen molar-refractivity contribution in [3.05, 3.63) is 36.0 Å². The van der Waals surface area contributed by atoms with E-state index in [-0.39, 0.29) is 0 Å². The van der Waals surface area contributed by atoms with Gasteiger partial charge in [0.1, 0.15) is 0 Å². The predicted octanol–water partition coefficient (Wildman–Crippen LogP) is 4.88. The van der Waals surface area contributed by atoms with Crippen molar-refractivity contribution in [3.8, 4) is 0 Å². The Bertz CT molecular complexity index is 838. The van der Waals surface area contributed by atoms with E-state index in [1.165, 1.54) is 61.7 Å². The van der Waals surface area contributed by atoms with Crippen molar-refractivity contribution < 1.29 is 4.79 Å². The van der Waals surface area contributed by atoms with Crippen LogP contribution < -0.4 is 0 Å². The fourth-order valence-electron chi connectivity index (χ4n) is 5.58. The van der Waals surface area contributed by atoms with Gasteiger partial charge in [-0.3, -0.25) is 4.79 Å². The molecule has 4 rings (SSSR count). The van der Waals surface area contributed by atoms with Gasteiger partial charge in [0.05, 0.1) is 0 Å². The van der Waals surface area contributed by atoms with E-state index >= 15 is 0 Å². The number of piperidine rings is 2. The van der Waals surface area contributed by atoms with Crippen LogP contribution in [0.15, 0.2) is 30.5 Å². The summed E-state index contributed by atoms with van der Waals surface area (Å²) in [5, 5.41) is 1.29. The molecule has 1 aromatic heterocycles. The van der Waals surface area contributed by atoms with Gasteiger partial charge in [-0.25, -0.2) is 0 Å². The number of carbonyl (C=O) groups is 1. The first kappa shape index (κ1) is 20.5. The Kier molecular flexibility index (Phi) is 6.29. The van der Waals surface area contributed by atoms with Crippen LogP contribution in [0.3, 0.4) is 0 Å². The summed E-state index contributed by atoms with van der Waals surface area (Å²) >= 11 is 0. The van der Waals surface area contributed by atoms with Gasteiger partial charge in [0, 0.05) is 49.2 Å². The standard InChI is InChI=1S/C25H37N3O/c1-19(2)28-18-20(22-10-4-5-12-24(22)28)13-14-25(29)26(3)17-21-9-8-16-27-15-7-6-11-23(21)27/h4-5,10,12,18-19,21,23H,6-9,11,13-17H2,1-3H3. The van der Waals surface area contributed by atoms with Crippen LogP contribution in [0.4, 0.5) is 0 Å². The van der Waals surface area contributed by atoms with Crippen molar-refractivity contribution in [2.24, 2.45) is 5.92 Å². The molecule has 2 atom stereocenters. The summed E-state index contributed by atoms with van der Waals surface area (Å²) in [6.07, 6.45) is 10.3. The maximum atomic E-state index is 12.9. The van der Waals surface area contributed by atoms with Gasteiger partial charge in [-0.05, 0) is 76.6 Å². The lowest BCUT2D eigenvalue weighted by Crippen LogP contribution is -2.51. The average molecular weight is 396 g/mol. The molecule has 1 aromatic carbocycles. The highest BCUT2D eigenvalue weighted by atomic mass is 16.2. The Labute approximate surface area is 175 Å². The van der Waals surface area contributed by atoms with Gasteiger partial charge in [0.25, 0.3) is 0 Å². The quantitative estimate of drug-likeness (QED) is 0.697. The summed E-state index contributed by atoms with van der Waals surface area (Å²) in [7, 11) is 2.02. The summed E-state index contributed by atoms with van der Waals surface area (Å²) in [4.78, 5) is 17.6. The van der Waals surface area contributed by atoms with E-state index in [9.17, 15) is 4.79 Å². The molecule has 2 aliphatic heterocycles. The van der Waals surface area contributed by atoms with Gasteiger partial charge >= 0.3 is 0 Å². The number of aromatic nitrogens is 1. The zero-order valence-electron chi connectivity index (χ0n) is 18.4. The number of carbonyl (C=O) groups excluding carboxylic acids is 1. The second kappa shape index (κ2) is 8.91. The normalized spacial score (nSPS) is 22.8. The third kappa shape index (κ3) is 4.37. The summed E-state index contributed by atoms with van der Waals surface area (Å²) < 4.78 is 2.33. The van der Waals surface area contributed by atoms with E-state index in [2.05, 4.69) is 53.8 Å². The number of amides is 1.